The zero-order chi connectivity index (χ0) is 60.4. The summed E-state index contributed by atoms with van der Waals surface area (Å²) in [5, 5.41) is 67.2. The van der Waals surface area contributed by atoms with E-state index >= 15 is 0 Å². The monoisotopic (exact) mass is 1100 g/mol. The van der Waals surface area contributed by atoms with Crippen LogP contribution in [0.25, 0.3) is 27.8 Å². The summed E-state index contributed by atoms with van der Waals surface area (Å²) in [5.41, 5.74) is 9.78. The van der Waals surface area contributed by atoms with Gasteiger partial charge in [-0.2, -0.15) is 0 Å². The molecule has 8 heteroatoms. The first-order valence-corrected chi connectivity index (χ1v) is 28.4. The van der Waals surface area contributed by atoms with Crippen LogP contribution in [0.3, 0.4) is 0 Å². The number of rotatable bonds is 3. The summed E-state index contributed by atoms with van der Waals surface area (Å²) in [6, 6.07) is 21.0. The molecule has 0 saturated heterocycles. The van der Waals surface area contributed by atoms with Crippen molar-refractivity contribution >= 4 is 28.8 Å². The first-order valence-electron chi connectivity index (χ1n) is 27.6. The van der Waals surface area contributed by atoms with Crippen molar-refractivity contribution in [2.45, 2.75) is 224 Å². The highest BCUT2D eigenvalue weighted by Crippen LogP contribution is 2.51. The first-order chi connectivity index (χ1) is 34.8. The van der Waals surface area contributed by atoms with Gasteiger partial charge in [-0.05, 0) is 108 Å². The molecule has 0 fully saturated rings. The maximum Gasteiger partial charge on any atom is 0.127 e. The molecular formula is C70H98Cl2O6. The lowest BCUT2D eigenvalue weighted by atomic mass is 9.70. The van der Waals surface area contributed by atoms with E-state index in [-0.39, 0.29) is 77.5 Å². The third-order valence-corrected chi connectivity index (χ3v) is 15.0. The van der Waals surface area contributed by atoms with E-state index in [1.54, 1.807) is 24.3 Å². The van der Waals surface area contributed by atoms with Crippen LogP contribution in [0, 0.1) is 10.8 Å². The Hall–Kier alpha value is -4.88. The standard InChI is InChI=1S/C28H42O2.C22H32O2.C20H24Cl2O2/c1-25(2,3)17-13-19(23(29)21(15-17)27(7,8)9)20-14-18(26(4,5)6)16-22(24(20)30)28(10,11)12;1-20(2,3)16-11-9-10-14(18(16)23)15-12-22(7,8)13-17(19(15)24)21(4,5)6;1-19(2,3)15-9-11(21)7-13(17(15)23)14-8-12(22)10-16(18(14)24)20(4,5)6/h13-16,29-30H,1-12H3;9-13,19,23-24H,1-8H3;7-10,23-24H,1-6H3. The largest absolute Gasteiger partial charge is 0.507 e. The van der Waals surface area contributed by atoms with Crippen molar-refractivity contribution in [1.29, 1.82) is 0 Å². The SMILES string of the molecule is CC(C)(C)c1cc(-c2cc(C(C)(C)C)cc(C(C)(C)C)c2O)c(O)c(C(C)(C)C)c1.CC(C)(C)c1cc(Cl)cc(-c2cc(Cl)cc(C(C)(C)C)c2O)c1O.CC1(C)C=C(c2cccc(C(C)(C)C)c2O)C(O)C(C(C)(C)C)=C1. The van der Waals surface area contributed by atoms with E-state index in [0.717, 1.165) is 55.7 Å². The molecule has 5 aromatic rings. The molecule has 0 aromatic heterocycles. The summed E-state index contributed by atoms with van der Waals surface area (Å²) in [4.78, 5) is 0. The van der Waals surface area contributed by atoms with Gasteiger partial charge in [0, 0.05) is 65.5 Å². The summed E-state index contributed by atoms with van der Waals surface area (Å²) < 4.78 is 0. The number of benzene rings is 5. The minimum Gasteiger partial charge on any atom is -0.507 e. The molecule has 428 valence electrons. The van der Waals surface area contributed by atoms with Crippen LogP contribution in [-0.2, 0) is 37.9 Å². The molecule has 0 amide bonds. The number of phenolic OH excluding ortho intramolecular Hbond substituents is 5. The van der Waals surface area contributed by atoms with Gasteiger partial charge >= 0.3 is 0 Å². The average Bonchev–Trinajstić information content (AvgIpc) is 3.23. The van der Waals surface area contributed by atoms with Crippen LogP contribution in [0.1, 0.15) is 225 Å². The molecule has 0 bridgehead atoms. The number of aromatic hydroxyl groups is 5. The molecule has 1 aliphatic carbocycles. The highest BCUT2D eigenvalue weighted by molar-refractivity contribution is 6.32. The molecule has 78 heavy (non-hydrogen) atoms. The number of allylic oxidation sites excluding steroid dienone is 2. The van der Waals surface area contributed by atoms with Gasteiger partial charge in [0.25, 0.3) is 0 Å². The van der Waals surface area contributed by atoms with Crippen molar-refractivity contribution in [3.63, 3.8) is 0 Å². The Bertz CT molecular complexity index is 2930. The summed E-state index contributed by atoms with van der Waals surface area (Å²) in [7, 11) is 0. The van der Waals surface area contributed by atoms with Crippen LogP contribution in [-0.4, -0.2) is 36.7 Å². The van der Waals surface area contributed by atoms with E-state index in [2.05, 4.69) is 175 Å². The molecule has 6 rings (SSSR count). The van der Waals surface area contributed by atoms with Crippen molar-refractivity contribution < 1.29 is 30.6 Å². The molecule has 1 unspecified atom stereocenters. The fourth-order valence-corrected chi connectivity index (χ4v) is 10.3. The fraction of sp³-hybridized carbons (Fsp3) is 0.514. The molecule has 6 nitrogen and oxygen atoms in total. The van der Waals surface area contributed by atoms with Gasteiger partial charge in [0.2, 0.25) is 0 Å². The van der Waals surface area contributed by atoms with E-state index in [4.69, 9.17) is 23.2 Å². The Labute approximate surface area is 481 Å². The Morgan fingerprint density at radius 3 is 0.936 bits per heavy atom. The van der Waals surface area contributed by atoms with Crippen molar-refractivity contribution in [3.8, 4) is 51.0 Å². The second kappa shape index (κ2) is 22.2. The van der Waals surface area contributed by atoms with E-state index in [1.807, 2.05) is 59.7 Å². The highest BCUT2D eigenvalue weighted by Gasteiger charge is 2.36. The van der Waals surface area contributed by atoms with Crippen LogP contribution >= 0.6 is 23.2 Å². The van der Waals surface area contributed by atoms with Crippen molar-refractivity contribution in [3.05, 3.63) is 139 Å². The van der Waals surface area contributed by atoms with E-state index in [9.17, 15) is 30.6 Å². The third-order valence-electron chi connectivity index (χ3n) is 14.6. The highest BCUT2D eigenvalue weighted by atomic mass is 35.5. The number of para-hydroxylation sites is 1. The molecule has 0 heterocycles. The van der Waals surface area contributed by atoms with Crippen molar-refractivity contribution in [1.82, 2.24) is 0 Å². The predicted octanol–water partition coefficient (Wildman–Crippen LogP) is 20.1. The average molecular weight is 1110 g/mol. The molecule has 0 saturated carbocycles. The quantitative estimate of drug-likeness (QED) is 0.100. The third kappa shape index (κ3) is 15.3. The Morgan fingerprint density at radius 1 is 0.346 bits per heavy atom. The minimum absolute atomic E-state index is 0.0768. The molecule has 0 radical (unpaired) electrons. The number of aliphatic hydroxyl groups is 1. The number of phenols is 5. The Kier molecular flexibility index (Phi) is 18.7. The second-order valence-corrected chi connectivity index (χ2v) is 31.5. The first kappa shape index (κ1) is 65.6. The van der Waals surface area contributed by atoms with Gasteiger partial charge in [0.15, 0.2) is 0 Å². The lowest BCUT2D eigenvalue weighted by Crippen LogP contribution is -2.30. The van der Waals surface area contributed by atoms with Gasteiger partial charge in [0.1, 0.15) is 34.9 Å². The van der Waals surface area contributed by atoms with Crippen molar-refractivity contribution in [2.75, 3.05) is 0 Å². The van der Waals surface area contributed by atoms with Gasteiger partial charge in [-0.3, -0.25) is 0 Å². The Balaban J connectivity index is 0.000000255. The van der Waals surface area contributed by atoms with Crippen LogP contribution in [0.2, 0.25) is 10.0 Å². The van der Waals surface area contributed by atoms with Gasteiger partial charge in [-0.25, -0.2) is 0 Å². The van der Waals surface area contributed by atoms with Crippen LogP contribution in [0.5, 0.6) is 28.7 Å². The van der Waals surface area contributed by atoms with Crippen LogP contribution in [0.4, 0.5) is 0 Å². The fourth-order valence-electron chi connectivity index (χ4n) is 9.84. The number of hydrogen-bond donors (Lipinski definition) is 6. The lowest BCUT2D eigenvalue weighted by Gasteiger charge is -2.37. The summed E-state index contributed by atoms with van der Waals surface area (Å²) in [5.74, 6) is 1.03. The molecular weight excluding hydrogens is 1010 g/mol. The number of hydrogen-bond acceptors (Lipinski definition) is 6. The summed E-state index contributed by atoms with van der Waals surface area (Å²) in [6.45, 7) is 54.7. The van der Waals surface area contributed by atoms with Gasteiger partial charge in [0.05, 0.1) is 0 Å². The molecule has 1 atom stereocenters. The zero-order valence-electron chi connectivity index (χ0n) is 52.5. The smallest absolute Gasteiger partial charge is 0.127 e. The molecule has 1 aliphatic rings. The number of halogens is 2. The molecule has 5 aromatic carbocycles. The second-order valence-electron chi connectivity index (χ2n) is 30.7. The summed E-state index contributed by atoms with van der Waals surface area (Å²) in [6.07, 6.45) is 3.54. The van der Waals surface area contributed by atoms with Gasteiger partial charge in [-0.1, -0.05) is 246 Å². The Morgan fingerprint density at radius 2 is 0.641 bits per heavy atom. The summed E-state index contributed by atoms with van der Waals surface area (Å²) >= 11 is 12.5. The van der Waals surface area contributed by atoms with E-state index in [1.165, 1.54) is 0 Å². The zero-order valence-corrected chi connectivity index (χ0v) is 54.0. The molecule has 6 N–H and O–H groups in total. The normalized spacial score (nSPS) is 15.6. The maximum absolute atomic E-state index is 11.4. The minimum atomic E-state index is -0.695. The van der Waals surface area contributed by atoms with Gasteiger partial charge in [-0.15, -0.1) is 0 Å². The van der Waals surface area contributed by atoms with Crippen LogP contribution in [0.15, 0.2) is 84.5 Å². The topological polar surface area (TPSA) is 121 Å². The van der Waals surface area contributed by atoms with E-state index < -0.39 is 6.10 Å². The maximum atomic E-state index is 11.4. The van der Waals surface area contributed by atoms with Crippen molar-refractivity contribution in [2.24, 2.45) is 10.8 Å². The number of aliphatic hydroxyl groups excluding tert-OH is 1. The van der Waals surface area contributed by atoms with Gasteiger partial charge < -0.3 is 30.6 Å². The molecule has 0 aliphatic heterocycles. The predicted molar refractivity (Wildman–Crippen MR) is 335 cm³/mol. The van der Waals surface area contributed by atoms with Crippen LogP contribution < -0.4 is 0 Å². The lowest BCUT2D eigenvalue weighted by molar-refractivity contribution is 0.229. The molecule has 0 spiro atoms. The van der Waals surface area contributed by atoms with E-state index in [0.29, 0.717) is 32.3 Å².